The second-order valence-electron chi connectivity index (χ2n) is 9.28. The van der Waals surface area contributed by atoms with Crippen LogP contribution >= 0.6 is 0 Å². The summed E-state index contributed by atoms with van der Waals surface area (Å²) in [7, 11) is -3.69. The molecule has 0 bridgehead atoms. The summed E-state index contributed by atoms with van der Waals surface area (Å²) in [4.78, 5) is 20.2. The molecule has 1 amide bonds. The maximum Gasteiger partial charge on any atom is 0.256 e. The highest BCUT2D eigenvalue weighted by Gasteiger charge is 2.31. The minimum Gasteiger partial charge on any atom is -0.379 e. The van der Waals surface area contributed by atoms with Crippen LogP contribution in [0.15, 0.2) is 23.1 Å². The summed E-state index contributed by atoms with van der Waals surface area (Å²) in [5, 5.41) is 0. The Morgan fingerprint density at radius 3 is 2.12 bits per heavy atom. The van der Waals surface area contributed by atoms with Crippen LogP contribution in [0.25, 0.3) is 0 Å². The van der Waals surface area contributed by atoms with Gasteiger partial charge in [0.05, 0.1) is 36.9 Å². The van der Waals surface area contributed by atoms with Crippen LogP contribution in [-0.2, 0) is 19.5 Å². The van der Waals surface area contributed by atoms with Crippen LogP contribution in [0.5, 0.6) is 0 Å². The molecule has 0 aliphatic carbocycles. The van der Waals surface area contributed by atoms with E-state index in [1.807, 2.05) is 4.90 Å². The molecule has 9 nitrogen and oxygen atoms in total. The fourth-order valence-corrected chi connectivity index (χ4v) is 6.12. The van der Waals surface area contributed by atoms with Crippen LogP contribution in [0.2, 0.25) is 0 Å². The van der Waals surface area contributed by atoms with Gasteiger partial charge in [0.1, 0.15) is 0 Å². The average Bonchev–Trinajstić information content (AvgIpc) is 2.84. The Labute approximate surface area is 197 Å². The Bertz CT molecular complexity index is 919. The van der Waals surface area contributed by atoms with Gasteiger partial charge < -0.3 is 19.3 Å². The molecule has 0 spiro atoms. The predicted octanol–water partition coefficient (Wildman–Crippen LogP) is 0.958. The molecule has 0 atom stereocenters. The number of anilines is 1. The second-order valence-corrected chi connectivity index (χ2v) is 11.2. The normalized spacial score (nSPS) is 21.5. The number of carbonyl (C=O) groups is 1. The number of amides is 1. The fraction of sp³-hybridized carbons (Fsp3) is 0.696. The second kappa shape index (κ2) is 10.7. The number of piperazine rings is 1. The molecule has 3 aliphatic heterocycles. The monoisotopic (exact) mass is 480 g/mol. The van der Waals surface area contributed by atoms with Crippen molar-refractivity contribution >= 4 is 21.6 Å². The SMILES string of the molecule is CC(C)CN1CCN(C(=O)c2cc(S(=O)(=O)N3CCOCC3)ccc2N2CCOCC2)CC1. The molecule has 0 unspecified atom stereocenters. The zero-order chi connectivity index (χ0) is 23.4. The van der Waals surface area contributed by atoms with Gasteiger partial charge in [-0.3, -0.25) is 9.69 Å². The minimum atomic E-state index is -3.69. The van der Waals surface area contributed by atoms with Crippen molar-refractivity contribution in [3.05, 3.63) is 23.8 Å². The van der Waals surface area contributed by atoms with E-state index < -0.39 is 10.0 Å². The van der Waals surface area contributed by atoms with Crippen molar-refractivity contribution in [3.63, 3.8) is 0 Å². The Balaban J connectivity index is 1.61. The molecular formula is C23H36N4O5S. The Hall–Kier alpha value is -1.72. The zero-order valence-corrected chi connectivity index (χ0v) is 20.6. The maximum absolute atomic E-state index is 13.7. The molecule has 10 heteroatoms. The number of carbonyl (C=O) groups excluding carboxylic acids is 1. The first-order valence-corrected chi connectivity index (χ1v) is 13.4. The fourth-order valence-electron chi connectivity index (χ4n) is 4.68. The highest BCUT2D eigenvalue weighted by molar-refractivity contribution is 7.89. The van der Waals surface area contributed by atoms with E-state index in [0.29, 0.717) is 77.2 Å². The number of ether oxygens (including phenoxy) is 2. The molecule has 0 radical (unpaired) electrons. The molecule has 184 valence electrons. The van der Waals surface area contributed by atoms with Gasteiger partial charge in [-0.15, -0.1) is 0 Å². The van der Waals surface area contributed by atoms with Crippen LogP contribution in [0.3, 0.4) is 0 Å². The molecule has 0 saturated carbocycles. The van der Waals surface area contributed by atoms with Crippen LogP contribution in [0, 0.1) is 5.92 Å². The number of nitrogens with zero attached hydrogens (tertiary/aromatic N) is 4. The third kappa shape index (κ3) is 5.68. The van der Waals surface area contributed by atoms with Gasteiger partial charge >= 0.3 is 0 Å². The van der Waals surface area contributed by atoms with Crippen LogP contribution in [0.4, 0.5) is 5.69 Å². The van der Waals surface area contributed by atoms with Crippen molar-refractivity contribution in [2.75, 3.05) is 90.2 Å². The maximum atomic E-state index is 13.7. The third-order valence-corrected chi connectivity index (χ3v) is 8.34. The van der Waals surface area contributed by atoms with Gasteiger partial charge in [-0.05, 0) is 24.1 Å². The first-order chi connectivity index (χ1) is 15.9. The number of hydrogen-bond donors (Lipinski definition) is 0. The molecule has 0 aromatic heterocycles. The third-order valence-electron chi connectivity index (χ3n) is 6.44. The van der Waals surface area contributed by atoms with E-state index in [-0.39, 0.29) is 10.8 Å². The Kier molecular flexibility index (Phi) is 7.91. The number of benzene rings is 1. The summed E-state index contributed by atoms with van der Waals surface area (Å²) in [5.41, 5.74) is 1.25. The van der Waals surface area contributed by atoms with Crippen molar-refractivity contribution in [2.24, 2.45) is 5.92 Å². The highest BCUT2D eigenvalue weighted by atomic mass is 32.2. The summed E-state index contributed by atoms with van der Waals surface area (Å²) in [6, 6.07) is 5.01. The first kappa shape index (κ1) is 24.4. The highest BCUT2D eigenvalue weighted by Crippen LogP contribution is 2.28. The molecule has 1 aromatic carbocycles. The van der Waals surface area contributed by atoms with Crippen molar-refractivity contribution in [3.8, 4) is 0 Å². The van der Waals surface area contributed by atoms with Crippen molar-refractivity contribution in [1.82, 2.24) is 14.1 Å². The lowest BCUT2D eigenvalue weighted by Gasteiger charge is -2.37. The summed E-state index contributed by atoms with van der Waals surface area (Å²) in [6.45, 7) is 12.4. The number of rotatable bonds is 6. The molecule has 3 heterocycles. The van der Waals surface area contributed by atoms with Crippen LogP contribution < -0.4 is 4.90 Å². The van der Waals surface area contributed by atoms with E-state index in [4.69, 9.17) is 9.47 Å². The van der Waals surface area contributed by atoms with Gasteiger partial charge in [-0.2, -0.15) is 4.31 Å². The minimum absolute atomic E-state index is 0.0975. The molecule has 1 aromatic rings. The van der Waals surface area contributed by atoms with Gasteiger partial charge in [-0.25, -0.2) is 8.42 Å². The van der Waals surface area contributed by atoms with E-state index in [1.54, 1.807) is 18.2 Å². The largest absolute Gasteiger partial charge is 0.379 e. The molecule has 33 heavy (non-hydrogen) atoms. The van der Waals surface area contributed by atoms with Gasteiger partial charge in [0.2, 0.25) is 10.0 Å². The zero-order valence-electron chi connectivity index (χ0n) is 19.7. The first-order valence-electron chi connectivity index (χ1n) is 11.9. The topological polar surface area (TPSA) is 82.6 Å². The van der Waals surface area contributed by atoms with Gasteiger partial charge in [0.15, 0.2) is 0 Å². The van der Waals surface area contributed by atoms with Crippen LogP contribution in [0.1, 0.15) is 24.2 Å². The average molecular weight is 481 g/mol. The van der Waals surface area contributed by atoms with E-state index in [2.05, 4.69) is 23.6 Å². The standard InChI is InChI=1S/C23H36N4O5S/c1-19(2)18-24-5-7-26(8-6-24)23(28)21-17-20(33(29,30)27-11-15-32-16-12-27)3-4-22(21)25-9-13-31-14-10-25/h3-4,17,19H,5-16,18H2,1-2H3. The molecule has 3 aliphatic rings. The number of morpholine rings is 2. The Morgan fingerprint density at radius 1 is 0.909 bits per heavy atom. The Morgan fingerprint density at radius 2 is 1.52 bits per heavy atom. The summed E-state index contributed by atoms with van der Waals surface area (Å²) in [6.07, 6.45) is 0. The molecule has 0 N–H and O–H groups in total. The quantitative estimate of drug-likeness (QED) is 0.600. The molecule has 3 fully saturated rings. The number of hydrogen-bond acceptors (Lipinski definition) is 7. The van der Waals surface area contributed by atoms with Crippen LogP contribution in [-0.4, -0.2) is 114 Å². The summed E-state index contributed by atoms with van der Waals surface area (Å²) in [5.74, 6) is 0.488. The van der Waals surface area contributed by atoms with E-state index in [1.165, 1.54) is 4.31 Å². The predicted molar refractivity (Wildman–Crippen MR) is 126 cm³/mol. The summed E-state index contributed by atoms with van der Waals surface area (Å²) >= 11 is 0. The van der Waals surface area contributed by atoms with Crippen molar-refractivity contribution < 1.29 is 22.7 Å². The lowest BCUT2D eigenvalue weighted by atomic mass is 10.1. The molecular weight excluding hydrogens is 444 g/mol. The van der Waals surface area contributed by atoms with Crippen molar-refractivity contribution in [1.29, 1.82) is 0 Å². The number of sulfonamides is 1. The van der Waals surface area contributed by atoms with Gasteiger partial charge in [0.25, 0.3) is 5.91 Å². The van der Waals surface area contributed by atoms with Crippen molar-refractivity contribution in [2.45, 2.75) is 18.7 Å². The molecule has 4 rings (SSSR count). The van der Waals surface area contributed by atoms with Gasteiger partial charge in [-0.1, -0.05) is 13.8 Å². The van der Waals surface area contributed by atoms with Gasteiger partial charge in [0, 0.05) is 64.6 Å². The van der Waals surface area contributed by atoms with E-state index in [9.17, 15) is 13.2 Å². The smallest absolute Gasteiger partial charge is 0.256 e. The van der Waals surface area contributed by atoms with E-state index in [0.717, 1.165) is 25.3 Å². The lowest BCUT2D eigenvalue weighted by molar-refractivity contribution is 0.0623. The van der Waals surface area contributed by atoms with E-state index >= 15 is 0 Å². The lowest BCUT2D eigenvalue weighted by Crippen LogP contribution is -2.49. The molecule has 3 saturated heterocycles. The summed E-state index contributed by atoms with van der Waals surface area (Å²) < 4.78 is 38.8.